The van der Waals surface area contributed by atoms with Crippen molar-refractivity contribution >= 4 is 5.91 Å². The van der Waals surface area contributed by atoms with Crippen molar-refractivity contribution in [2.75, 3.05) is 0 Å². The van der Waals surface area contributed by atoms with Gasteiger partial charge in [-0.15, -0.1) is 0 Å². The maximum Gasteiger partial charge on any atom is 0.227 e. The van der Waals surface area contributed by atoms with Crippen LogP contribution in [0.4, 0.5) is 0 Å². The number of amides is 1. The third kappa shape index (κ3) is 3.52. The molecule has 1 amide bonds. The zero-order valence-electron chi connectivity index (χ0n) is 13.7. The van der Waals surface area contributed by atoms with Crippen LogP contribution in [0.3, 0.4) is 0 Å². The quantitative estimate of drug-likeness (QED) is 0.879. The van der Waals surface area contributed by atoms with E-state index in [0.717, 1.165) is 17.9 Å². The summed E-state index contributed by atoms with van der Waals surface area (Å²) in [4.78, 5) is 16.4. The highest BCUT2D eigenvalue weighted by Gasteiger charge is 2.43. The Morgan fingerprint density at radius 1 is 1.29 bits per heavy atom. The standard InChI is InChI=1S/C18H23N3O3/c22-16(19-15-10-14(15)12-4-2-1-3-5-12)6-7-17-20-18(21-24-17)13-8-9-23-11-13/h8-9,11-12,14-15H,1-7,10H2,(H,19,22)/t14-,15+/m0/s1. The van der Waals surface area contributed by atoms with Crippen LogP contribution in [-0.4, -0.2) is 22.1 Å². The lowest BCUT2D eigenvalue weighted by Gasteiger charge is -2.21. The van der Waals surface area contributed by atoms with Crippen molar-refractivity contribution in [1.29, 1.82) is 0 Å². The van der Waals surface area contributed by atoms with Crippen LogP contribution in [0.5, 0.6) is 0 Å². The monoisotopic (exact) mass is 329 g/mol. The van der Waals surface area contributed by atoms with Gasteiger partial charge in [0, 0.05) is 18.9 Å². The molecule has 0 bridgehead atoms. The largest absolute Gasteiger partial charge is 0.472 e. The summed E-state index contributed by atoms with van der Waals surface area (Å²) in [6, 6.07) is 2.17. The highest BCUT2D eigenvalue weighted by Crippen LogP contribution is 2.44. The molecular weight excluding hydrogens is 306 g/mol. The lowest BCUT2D eigenvalue weighted by atomic mass is 9.85. The summed E-state index contributed by atoms with van der Waals surface area (Å²) < 4.78 is 10.2. The summed E-state index contributed by atoms with van der Waals surface area (Å²) in [5.41, 5.74) is 0.780. The lowest BCUT2D eigenvalue weighted by molar-refractivity contribution is -0.121. The summed E-state index contributed by atoms with van der Waals surface area (Å²) in [5.74, 6) is 2.61. The van der Waals surface area contributed by atoms with E-state index in [1.165, 1.54) is 32.1 Å². The van der Waals surface area contributed by atoms with E-state index in [1.54, 1.807) is 18.6 Å². The van der Waals surface area contributed by atoms with Crippen LogP contribution >= 0.6 is 0 Å². The zero-order valence-corrected chi connectivity index (χ0v) is 13.7. The molecule has 6 heteroatoms. The first-order valence-corrected chi connectivity index (χ1v) is 8.94. The molecule has 0 aromatic carbocycles. The van der Waals surface area contributed by atoms with E-state index in [0.29, 0.717) is 36.5 Å². The normalized spacial score (nSPS) is 24.0. The molecule has 0 saturated heterocycles. The second-order valence-corrected chi connectivity index (χ2v) is 7.00. The van der Waals surface area contributed by atoms with E-state index in [4.69, 9.17) is 8.94 Å². The maximum absolute atomic E-state index is 12.1. The van der Waals surface area contributed by atoms with Gasteiger partial charge >= 0.3 is 0 Å². The van der Waals surface area contributed by atoms with Crippen LogP contribution in [0.25, 0.3) is 11.4 Å². The molecule has 2 aromatic rings. The van der Waals surface area contributed by atoms with Crippen LogP contribution in [0.15, 0.2) is 27.5 Å². The molecule has 2 aromatic heterocycles. The molecule has 4 rings (SSSR count). The third-order valence-electron chi connectivity index (χ3n) is 5.25. The maximum atomic E-state index is 12.1. The Bertz CT molecular complexity index is 674. The Hall–Kier alpha value is -2.11. The number of carbonyl (C=O) groups excluding carboxylic acids is 1. The van der Waals surface area contributed by atoms with Crippen LogP contribution in [-0.2, 0) is 11.2 Å². The first-order chi connectivity index (χ1) is 11.8. The van der Waals surface area contributed by atoms with Gasteiger partial charge in [0.2, 0.25) is 17.6 Å². The van der Waals surface area contributed by atoms with Crippen LogP contribution in [0.1, 0.15) is 50.8 Å². The summed E-state index contributed by atoms with van der Waals surface area (Å²) in [5, 5.41) is 7.07. The Balaban J connectivity index is 1.21. The van der Waals surface area contributed by atoms with E-state index in [1.807, 2.05) is 0 Å². The van der Waals surface area contributed by atoms with E-state index in [2.05, 4.69) is 15.5 Å². The molecule has 128 valence electrons. The molecule has 0 radical (unpaired) electrons. The van der Waals surface area contributed by atoms with Gasteiger partial charge in [-0.05, 0) is 24.3 Å². The van der Waals surface area contributed by atoms with Crippen LogP contribution in [0.2, 0.25) is 0 Å². The van der Waals surface area contributed by atoms with Gasteiger partial charge < -0.3 is 14.3 Å². The fourth-order valence-corrected chi connectivity index (χ4v) is 3.83. The second kappa shape index (κ2) is 6.79. The minimum atomic E-state index is 0.0846. The van der Waals surface area contributed by atoms with E-state index in [-0.39, 0.29) is 5.91 Å². The molecule has 0 spiro atoms. The molecular formula is C18H23N3O3. The zero-order chi connectivity index (χ0) is 16.4. The minimum absolute atomic E-state index is 0.0846. The number of hydrogen-bond donors (Lipinski definition) is 1. The fraction of sp³-hybridized carbons (Fsp3) is 0.611. The molecule has 2 heterocycles. The predicted octanol–water partition coefficient (Wildman–Crippen LogP) is 3.35. The molecule has 2 saturated carbocycles. The minimum Gasteiger partial charge on any atom is -0.472 e. The number of rotatable bonds is 6. The average molecular weight is 329 g/mol. The first-order valence-electron chi connectivity index (χ1n) is 8.94. The van der Waals surface area contributed by atoms with Crippen molar-refractivity contribution in [3.05, 3.63) is 24.5 Å². The van der Waals surface area contributed by atoms with Crippen molar-refractivity contribution in [3.63, 3.8) is 0 Å². The van der Waals surface area contributed by atoms with E-state index >= 15 is 0 Å². The molecule has 1 N–H and O–H groups in total. The number of hydrogen-bond acceptors (Lipinski definition) is 5. The van der Waals surface area contributed by atoms with E-state index in [9.17, 15) is 4.79 Å². The van der Waals surface area contributed by atoms with Crippen LogP contribution in [0, 0.1) is 11.8 Å². The summed E-state index contributed by atoms with van der Waals surface area (Å²) in [6.45, 7) is 0. The smallest absolute Gasteiger partial charge is 0.227 e. The number of aromatic nitrogens is 2. The Kier molecular flexibility index (Phi) is 4.36. The second-order valence-electron chi connectivity index (χ2n) is 7.00. The van der Waals surface area contributed by atoms with Crippen molar-refractivity contribution in [2.24, 2.45) is 11.8 Å². The fourth-order valence-electron chi connectivity index (χ4n) is 3.83. The molecule has 2 aliphatic carbocycles. The average Bonchev–Trinajstić information content (AvgIpc) is 3.03. The van der Waals surface area contributed by atoms with Gasteiger partial charge in [0.05, 0.1) is 11.8 Å². The number of furan rings is 1. The highest BCUT2D eigenvalue weighted by molar-refractivity contribution is 5.76. The Morgan fingerprint density at radius 3 is 2.96 bits per heavy atom. The van der Waals surface area contributed by atoms with Gasteiger partial charge in [-0.2, -0.15) is 4.98 Å². The molecule has 0 unspecified atom stereocenters. The SMILES string of the molecule is O=C(CCc1nc(-c2ccoc2)no1)N[C@@H]1C[C@H]1C1CCCCC1. The molecule has 2 fully saturated rings. The van der Waals surface area contributed by atoms with Gasteiger partial charge in [-0.3, -0.25) is 4.79 Å². The van der Waals surface area contributed by atoms with Crippen molar-refractivity contribution in [3.8, 4) is 11.4 Å². The summed E-state index contributed by atoms with van der Waals surface area (Å²) >= 11 is 0. The van der Waals surface area contributed by atoms with Gasteiger partial charge in [-0.25, -0.2) is 0 Å². The Labute approximate surface area is 141 Å². The molecule has 24 heavy (non-hydrogen) atoms. The van der Waals surface area contributed by atoms with Crippen molar-refractivity contribution in [2.45, 2.75) is 57.4 Å². The summed E-state index contributed by atoms with van der Waals surface area (Å²) in [6.07, 6.45) is 11.9. The van der Waals surface area contributed by atoms with Gasteiger partial charge in [0.15, 0.2) is 0 Å². The first kappa shape index (κ1) is 15.4. The van der Waals surface area contributed by atoms with Crippen LogP contribution < -0.4 is 5.32 Å². The Morgan fingerprint density at radius 2 is 2.17 bits per heavy atom. The van der Waals surface area contributed by atoms with Gasteiger partial charge in [0.1, 0.15) is 6.26 Å². The number of nitrogens with zero attached hydrogens (tertiary/aromatic N) is 2. The van der Waals surface area contributed by atoms with Gasteiger partial charge in [-0.1, -0.05) is 37.3 Å². The summed E-state index contributed by atoms with van der Waals surface area (Å²) in [7, 11) is 0. The number of nitrogens with one attached hydrogen (secondary N) is 1. The van der Waals surface area contributed by atoms with Crippen molar-refractivity contribution < 1.29 is 13.7 Å². The lowest BCUT2D eigenvalue weighted by Crippen LogP contribution is -2.28. The van der Waals surface area contributed by atoms with Gasteiger partial charge in [0.25, 0.3) is 0 Å². The predicted molar refractivity (Wildman–Crippen MR) is 86.9 cm³/mol. The molecule has 2 atom stereocenters. The van der Waals surface area contributed by atoms with Crippen molar-refractivity contribution in [1.82, 2.24) is 15.5 Å². The molecule has 2 aliphatic rings. The number of aryl methyl sites for hydroxylation is 1. The van der Waals surface area contributed by atoms with E-state index < -0.39 is 0 Å². The molecule has 0 aliphatic heterocycles. The molecule has 6 nitrogen and oxygen atoms in total. The third-order valence-corrected chi connectivity index (χ3v) is 5.25. The highest BCUT2D eigenvalue weighted by atomic mass is 16.5. The number of carbonyl (C=O) groups is 1. The topological polar surface area (TPSA) is 81.2 Å².